The van der Waals surface area contributed by atoms with Gasteiger partial charge in [0.05, 0.1) is 21.2 Å². The van der Waals surface area contributed by atoms with E-state index in [0.717, 1.165) is 24.8 Å². The number of hydrogen-bond donors (Lipinski definition) is 1. The number of halogens is 1. The number of nitrogens with zero attached hydrogens (tertiary/aromatic N) is 1. The lowest BCUT2D eigenvalue weighted by molar-refractivity contribution is -0.123. The number of sulfonamides is 1. The third kappa shape index (κ3) is 5.64. The van der Waals surface area contributed by atoms with Crippen LogP contribution in [0.3, 0.4) is 0 Å². The molecule has 2 aromatic carbocycles. The highest BCUT2D eigenvalue weighted by Gasteiger charge is 2.27. The van der Waals surface area contributed by atoms with Gasteiger partial charge >= 0.3 is 5.97 Å². The van der Waals surface area contributed by atoms with Gasteiger partial charge in [-0.2, -0.15) is 4.31 Å². The average molecular weight is 465 g/mol. The monoisotopic (exact) mass is 464 g/mol. The number of piperidine rings is 1. The standard InChI is InChI=1S/C22H25ClN2O5S/c1-15-6-8-17(9-7-15)22(27)30-16(2)21(26)24-20-14-18(10-11-19(20)23)31(28,29)25-12-4-3-5-13-25/h6-11,14,16H,3-5,12-13H2,1-2H3,(H,24,26). The molecule has 1 atom stereocenters. The maximum Gasteiger partial charge on any atom is 0.338 e. The Labute approximate surface area is 187 Å². The third-order valence-electron chi connectivity index (χ3n) is 5.09. The second-order valence-electron chi connectivity index (χ2n) is 7.51. The molecule has 0 bridgehead atoms. The zero-order chi connectivity index (χ0) is 22.6. The molecule has 1 heterocycles. The number of nitrogens with one attached hydrogen (secondary N) is 1. The van der Waals surface area contributed by atoms with Gasteiger partial charge in [-0.3, -0.25) is 4.79 Å². The van der Waals surface area contributed by atoms with Crippen molar-refractivity contribution in [1.82, 2.24) is 4.31 Å². The van der Waals surface area contributed by atoms with Gasteiger partial charge < -0.3 is 10.1 Å². The first kappa shape index (κ1) is 23.2. The number of amides is 1. The number of esters is 1. The summed E-state index contributed by atoms with van der Waals surface area (Å²) in [4.78, 5) is 24.8. The number of carbonyl (C=O) groups excluding carboxylic acids is 2. The van der Waals surface area contributed by atoms with Gasteiger partial charge in [-0.25, -0.2) is 13.2 Å². The number of rotatable bonds is 6. The van der Waals surface area contributed by atoms with Crippen molar-refractivity contribution in [2.45, 2.75) is 44.1 Å². The Balaban J connectivity index is 1.71. The van der Waals surface area contributed by atoms with Crippen molar-refractivity contribution in [1.29, 1.82) is 0 Å². The lowest BCUT2D eigenvalue weighted by Gasteiger charge is -2.26. The number of carbonyl (C=O) groups is 2. The molecule has 1 unspecified atom stereocenters. The molecule has 2 aromatic rings. The van der Waals surface area contributed by atoms with Crippen LogP contribution in [0.4, 0.5) is 5.69 Å². The van der Waals surface area contributed by atoms with Crippen LogP contribution in [-0.4, -0.2) is 43.8 Å². The molecule has 1 aliphatic heterocycles. The molecule has 1 amide bonds. The van der Waals surface area contributed by atoms with Gasteiger partial charge in [0.2, 0.25) is 10.0 Å². The zero-order valence-electron chi connectivity index (χ0n) is 17.4. The minimum atomic E-state index is -3.68. The fraction of sp³-hybridized carbons (Fsp3) is 0.364. The van der Waals surface area contributed by atoms with Gasteiger partial charge in [0.15, 0.2) is 6.10 Å². The second-order valence-corrected chi connectivity index (χ2v) is 9.85. The molecule has 31 heavy (non-hydrogen) atoms. The fourth-order valence-electron chi connectivity index (χ4n) is 3.22. The smallest absolute Gasteiger partial charge is 0.338 e. The van der Waals surface area contributed by atoms with Gasteiger partial charge in [-0.05, 0) is 57.0 Å². The summed E-state index contributed by atoms with van der Waals surface area (Å²) in [5.41, 5.74) is 1.47. The number of ether oxygens (including phenoxy) is 1. The van der Waals surface area contributed by atoms with Crippen LogP contribution in [0.15, 0.2) is 47.4 Å². The van der Waals surface area contributed by atoms with Crippen LogP contribution < -0.4 is 5.32 Å². The molecular weight excluding hydrogens is 440 g/mol. The van der Waals surface area contributed by atoms with Crippen molar-refractivity contribution < 1.29 is 22.7 Å². The van der Waals surface area contributed by atoms with Crippen molar-refractivity contribution in [2.24, 2.45) is 0 Å². The Morgan fingerprint density at radius 2 is 1.71 bits per heavy atom. The number of aryl methyl sites for hydroxylation is 1. The topological polar surface area (TPSA) is 92.8 Å². The molecule has 1 saturated heterocycles. The summed E-state index contributed by atoms with van der Waals surface area (Å²) in [6.07, 6.45) is 1.54. The van der Waals surface area contributed by atoms with Gasteiger partial charge in [-0.15, -0.1) is 0 Å². The van der Waals surface area contributed by atoms with Gasteiger partial charge in [0.1, 0.15) is 0 Å². The molecule has 0 radical (unpaired) electrons. The summed E-state index contributed by atoms with van der Waals surface area (Å²) < 4.78 is 32.5. The third-order valence-corrected chi connectivity index (χ3v) is 7.31. The van der Waals surface area contributed by atoms with E-state index in [1.807, 2.05) is 6.92 Å². The van der Waals surface area contributed by atoms with E-state index >= 15 is 0 Å². The molecule has 0 aromatic heterocycles. The first-order chi connectivity index (χ1) is 14.7. The molecule has 7 nitrogen and oxygen atoms in total. The maximum atomic E-state index is 12.9. The van der Waals surface area contributed by atoms with E-state index in [4.69, 9.17) is 16.3 Å². The van der Waals surface area contributed by atoms with Gasteiger partial charge in [0.25, 0.3) is 5.91 Å². The predicted octanol–water partition coefficient (Wildman–Crippen LogP) is 4.01. The molecule has 0 saturated carbocycles. The van der Waals surface area contributed by atoms with Crippen LogP contribution in [0.5, 0.6) is 0 Å². The molecule has 1 N–H and O–H groups in total. The van der Waals surface area contributed by atoms with E-state index in [1.54, 1.807) is 24.3 Å². The molecule has 1 aliphatic rings. The average Bonchev–Trinajstić information content (AvgIpc) is 2.76. The van der Waals surface area contributed by atoms with Gasteiger partial charge in [-0.1, -0.05) is 35.7 Å². The van der Waals surface area contributed by atoms with Crippen molar-refractivity contribution in [2.75, 3.05) is 18.4 Å². The molecule has 9 heteroatoms. The highest BCUT2D eigenvalue weighted by atomic mass is 35.5. The van der Waals surface area contributed by atoms with Crippen LogP contribution in [-0.2, 0) is 19.6 Å². The van der Waals surface area contributed by atoms with Gasteiger partial charge in [0, 0.05) is 13.1 Å². The number of hydrogen-bond acceptors (Lipinski definition) is 5. The van der Waals surface area contributed by atoms with Crippen molar-refractivity contribution in [3.8, 4) is 0 Å². The minimum absolute atomic E-state index is 0.0541. The van der Waals surface area contributed by atoms with Crippen LogP contribution in [0.2, 0.25) is 5.02 Å². The van der Waals surface area contributed by atoms with E-state index in [2.05, 4.69) is 5.32 Å². The summed E-state index contributed by atoms with van der Waals surface area (Å²) >= 11 is 6.17. The summed E-state index contributed by atoms with van der Waals surface area (Å²) in [6, 6.07) is 11.0. The lowest BCUT2D eigenvalue weighted by atomic mass is 10.1. The van der Waals surface area contributed by atoms with Crippen LogP contribution in [0, 0.1) is 6.92 Å². The first-order valence-electron chi connectivity index (χ1n) is 10.1. The first-order valence-corrected chi connectivity index (χ1v) is 11.9. The summed E-state index contributed by atoms with van der Waals surface area (Å²) in [7, 11) is -3.68. The highest BCUT2D eigenvalue weighted by Crippen LogP contribution is 2.28. The Bertz CT molecular complexity index is 1060. The molecule has 166 valence electrons. The zero-order valence-corrected chi connectivity index (χ0v) is 19.0. The van der Waals surface area contributed by atoms with E-state index < -0.39 is 28.0 Å². The molecular formula is C22H25ClN2O5S. The maximum absolute atomic E-state index is 12.9. The minimum Gasteiger partial charge on any atom is -0.449 e. The number of benzene rings is 2. The predicted molar refractivity (Wildman–Crippen MR) is 119 cm³/mol. The van der Waals surface area contributed by atoms with Crippen LogP contribution in [0.25, 0.3) is 0 Å². The summed E-state index contributed by atoms with van der Waals surface area (Å²) in [5.74, 6) is -1.25. The quantitative estimate of drug-likeness (QED) is 0.652. The van der Waals surface area contributed by atoms with Crippen LogP contribution >= 0.6 is 11.6 Å². The van der Waals surface area contributed by atoms with Crippen molar-refractivity contribution >= 4 is 39.2 Å². The SMILES string of the molecule is Cc1ccc(C(=O)OC(C)C(=O)Nc2cc(S(=O)(=O)N3CCCCC3)ccc2Cl)cc1. The van der Waals surface area contributed by atoms with E-state index in [0.29, 0.717) is 18.7 Å². The van der Waals surface area contributed by atoms with Crippen molar-refractivity contribution in [3.63, 3.8) is 0 Å². The van der Waals surface area contributed by atoms with Crippen LogP contribution in [0.1, 0.15) is 42.1 Å². The second kappa shape index (κ2) is 9.80. The Hall–Kier alpha value is -2.42. The number of anilines is 1. The Morgan fingerprint density at radius 3 is 2.35 bits per heavy atom. The molecule has 0 spiro atoms. The molecule has 3 rings (SSSR count). The molecule has 1 fully saturated rings. The fourth-order valence-corrected chi connectivity index (χ4v) is 4.93. The summed E-state index contributed by atoms with van der Waals surface area (Å²) in [6.45, 7) is 4.27. The van der Waals surface area contributed by atoms with Crippen molar-refractivity contribution in [3.05, 3.63) is 58.6 Å². The van der Waals surface area contributed by atoms with E-state index in [9.17, 15) is 18.0 Å². The van der Waals surface area contributed by atoms with E-state index in [-0.39, 0.29) is 15.6 Å². The normalized spacial score (nSPS) is 15.8. The lowest BCUT2D eigenvalue weighted by Crippen LogP contribution is -2.35. The Morgan fingerprint density at radius 1 is 1.06 bits per heavy atom. The molecule has 0 aliphatic carbocycles. The van der Waals surface area contributed by atoms with E-state index in [1.165, 1.54) is 29.4 Å². The highest BCUT2D eigenvalue weighted by molar-refractivity contribution is 7.89. The Kier molecular flexibility index (Phi) is 7.35. The largest absolute Gasteiger partial charge is 0.449 e. The summed E-state index contributed by atoms with van der Waals surface area (Å²) in [5, 5.41) is 2.74.